The number of rotatable bonds is 11. The molecule has 0 unspecified atom stereocenters. The molecule has 0 fully saturated rings. The van der Waals surface area contributed by atoms with Crippen LogP contribution in [-0.2, 0) is 11.2 Å². The predicted octanol–water partition coefficient (Wildman–Crippen LogP) is 3.97. The number of carbonyl (C=O) groups excluding carboxylic acids is 1. The molecule has 0 radical (unpaired) electrons. The van der Waals surface area contributed by atoms with Crippen LogP contribution in [0.1, 0.15) is 37.8 Å². The zero-order valence-electron chi connectivity index (χ0n) is 16.7. The molecule has 0 aliphatic carbocycles. The summed E-state index contributed by atoms with van der Waals surface area (Å²) in [6.45, 7) is 5.25. The first-order valence-corrected chi connectivity index (χ1v) is 9.50. The van der Waals surface area contributed by atoms with E-state index < -0.39 is 0 Å². The van der Waals surface area contributed by atoms with Crippen molar-refractivity contribution in [1.29, 1.82) is 0 Å². The molecule has 0 spiro atoms. The Morgan fingerprint density at radius 3 is 2.54 bits per heavy atom. The fourth-order valence-corrected chi connectivity index (χ4v) is 2.47. The lowest BCUT2D eigenvalue weighted by atomic mass is 10.1. The summed E-state index contributed by atoms with van der Waals surface area (Å²) in [6.07, 6.45) is 3.90. The molecule has 28 heavy (non-hydrogen) atoms. The van der Waals surface area contributed by atoms with Gasteiger partial charge in [0.15, 0.2) is 11.5 Å². The van der Waals surface area contributed by atoms with Crippen molar-refractivity contribution in [2.24, 2.45) is 5.10 Å². The Labute approximate surface area is 166 Å². The first kappa shape index (κ1) is 21.3. The predicted molar refractivity (Wildman–Crippen MR) is 110 cm³/mol. The zero-order valence-corrected chi connectivity index (χ0v) is 16.7. The molecule has 0 bridgehead atoms. The van der Waals surface area contributed by atoms with Crippen LogP contribution in [0.4, 0.5) is 0 Å². The van der Waals surface area contributed by atoms with Crippen molar-refractivity contribution >= 4 is 12.1 Å². The van der Waals surface area contributed by atoms with Crippen molar-refractivity contribution in [3.05, 3.63) is 53.6 Å². The van der Waals surface area contributed by atoms with Gasteiger partial charge in [-0.2, -0.15) is 5.10 Å². The van der Waals surface area contributed by atoms with Gasteiger partial charge in [0.05, 0.1) is 33.0 Å². The summed E-state index contributed by atoms with van der Waals surface area (Å²) in [6, 6.07) is 13.0. The summed E-state index contributed by atoms with van der Waals surface area (Å²) >= 11 is 0. The van der Waals surface area contributed by atoms with Gasteiger partial charge in [-0.05, 0) is 54.8 Å². The summed E-state index contributed by atoms with van der Waals surface area (Å²) < 4.78 is 16.5. The summed E-state index contributed by atoms with van der Waals surface area (Å²) in [7, 11) is 1.61. The van der Waals surface area contributed by atoms with Crippen LogP contribution >= 0.6 is 0 Å². The molecule has 1 N–H and O–H groups in total. The average molecular weight is 384 g/mol. The molecule has 0 aliphatic rings. The Balaban J connectivity index is 1.92. The molecule has 2 aromatic rings. The standard InChI is InChI=1S/C22H28N2O4/c1-4-6-13-28-20-12-9-18(14-21(20)27-5-2)16-23-24-22(25)15-17-7-10-19(26-3)11-8-17/h7-12,14,16H,4-6,13,15H2,1-3H3,(H,24,25)/b23-16-. The first-order chi connectivity index (χ1) is 13.7. The van der Waals surface area contributed by atoms with Gasteiger partial charge in [0.25, 0.3) is 0 Å². The topological polar surface area (TPSA) is 69.2 Å². The highest BCUT2D eigenvalue weighted by Gasteiger charge is 2.06. The van der Waals surface area contributed by atoms with E-state index in [1.807, 2.05) is 49.4 Å². The van der Waals surface area contributed by atoms with Gasteiger partial charge in [0.2, 0.25) is 5.91 Å². The third-order valence-corrected chi connectivity index (χ3v) is 3.95. The van der Waals surface area contributed by atoms with E-state index in [1.54, 1.807) is 13.3 Å². The molecule has 0 aromatic heterocycles. The quantitative estimate of drug-likeness (QED) is 0.362. The molecule has 1 amide bonds. The second-order valence-corrected chi connectivity index (χ2v) is 6.16. The maximum Gasteiger partial charge on any atom is 0.244 e. The molecule has 2 rings (SSSR count). The molecule has 0 aliphatic heterocycles. The Morgan fingerprint density at radius 2 is 1.86 bits per heavy atom. The van der Waals surface area contributed by atoms with Gasteiger partial charge in [0.1, 0.15) is 5.75 Å². The summed E-state index contributed by atoms with van der Waals surface area (Å²) in [5.41, 5.74) is 4.25. The number of nitrogens with zero attached hydrogens (tertiary/aromatic N) is 1. The van der Waals surface area contributed by atoms with E-state index >= 15 is 0 Å². The molecular formula is C22H28N2O4. The molecule has 0 heterocycles. The maximum atomic E-state index is 12.0. The number of carbonyl (C=O) groups is 1. The summed E-state index contributed by atoms with van der Waals surface area (Å²) in [5.74, 6) is 1.96. The normalized spacial score (nSPS) is 10.7. The number of benzene rings is 2. The molecule has 150 valence electrons. The lowest BCUT2D eigenvalue weighted by molar-refractivity contribution is -0.120. The first-order valence-electron chi connectivity index (χ1n) is 9.50. The molecule has 6 heteroatoms. The lowest BCUT2D eigenvalue weighted by Crippen LogP contribution is -2.19. The van der Waals surface area contributed by atoms with Crippen LogP contribution in [0.5, 0.6) is 17.2 Å². The third-order valence-electron chi connectivity index (χ3n) is 3.95. The van der Waals surface area contributed by atoms with E-state index in [0.29, 0.717) is 19.0 Å². The van der Waals surface area contributed by atoms with Crippen LogP contribution in [0.3, 0.4) is 0 Å². The van der Waals surface area contributed by atoms with Crippen molar-refractivity contribution in [2.45, 2.75) is 33.1 Å². The minimum atomic E-state index is -0.189. The van der Waals surface area contributed by atoms with Crippen molar-refractivity contribution in [3.8, 4) is 17.2 Å². The zero-order chi connectivity index (χ0) is 20.2. The Kier molecular flexibility index (Phi) is 8.85. The molecule has 2 aromatic carbocycles. The van der Waals surface area contributed by atoms with E-state index in [1.165, 1.54) is 0 Å². The number of amides is 1. The average Bonchev–Trinajstić information content (AvgIpc) is 2.70. The molecule has 6 nitrogen and oxygen atoms in total. The Bertz CT molecular complexity index is 773. The van der Waals surface area contributed by atoms with E-state index in [-0.39, 0.29) is 12.3 Å². The highest BCUT2D eigenvalue weighted by Crippen LogP contribution is 2.28. The molecular weight excluding hydrogens is 356 g/mol. The van der Waals surface area contributed by atoms with Crippen LogP contribution < -0.4 is 19.6 Å². The lowest BCUT2D eigenvalue weighted by Gasteiger charge is -2.12. The van der Waals surface area contributed by atoms with Crippen LogP contribution in [-0.4, -0.2) is 32.4 Å². The summed E-state index contributed by atoms with van der Waals surface area (Å²) in [5, 5.41) is 4.03. The maximum absolute atomic E-state index is 12.0. The number of ether oxygens (including phenoxy) is 3. The minimum Gasteiger partial charge on any atom is -0.497 e. The van der Waals surface area contributed by atoms with Gasteiger partial charge in [-0.25, -0.2) is 5.43 Å². The van der Waals surface area contributed by atoms with E-state index in [4.69, 9.17) is 14.2 Å². The van der Waals surface area contributed by atoms with Crippen molar-refractivity contribution in [3.63, 3.8) is 0 Å². The number of unbranched alkanes of at least 4 members (excludes halogenated alkanes) is 1. The van der Waals surface area contributed by atoms with E-state index in [0.717, 1.165) is 35.5 Å². The highest BCUT2D eigenvalue weighted by atomic mass is 16.5. The third kappa shape index (κ3) is 6.95. The molecule has 0 saturated heterocycles. The highest BCUT2D eigenvalue weighted by molar-refractivity contribution is 5.84. The van der Waals surface area contributed by atoms with Gasteiger partial charge in [-0.3, -0.25) is 4.79 Å². The summed E-state index contributed by atoms with van der Waals surface area (Å²) in [4.78, 5) is 12.0. The van der Waals surface area contributed by atoms with Gasteiger partial charge in [-0.1, -0.05) is 25.5 Å². The van der Waals surface area contributed by atoms with Crippen molar-refractivity contribution < 1.29 is 19.0 Å². The van der Waals surface area contributed by atoms with Gasteiger partial charge in [0, 0.05) is 0 Å². The second kappa shape index (κ2) is 11.6. The van der Waals surface area contributed by atoms with Crippen LogP contribution in [0, 0.1) is 0 Å². The van der Waals surface area contributed by atoms with Crippen molar-refractivity contribution in [2.75, 3.05) is 20.3 Å². The Hall–Kier alpha value is -3.02. The fraction of sp³-hybridized carbons (Fsp3) is 0.364. The fourth-order valence-electron chi connectivity index (χ4n) is 2.47. The number of nitrogens with one attached hydrogen (secondary N) is 1. The second-order valence-electron chi connectivity index (χ2n) is 6.16. The van der Waals surface area contributed by atoms with E-state index in [2.05, 4.69) is 17.5 Å². The van der Waals surface area contributed by atoms with Crippen molar-refractivity contribution in [1.82, 2.24) is 5.43 Å². The number of hydrogen-bond acceptors (Lipinski definition) is 5. The Morgan fingerprint density at radius 1 is 1.07 bits per heavy atom. The van der Waals surface area contributed by atoms with Crippen LogP contribution in [0.15, 0.2) is 47.6 Å². The van der Waals surface area contributed by atoms with Gasteiger partial charge in [-0.15, -0.1) is 0 Å². The van der Waals surface area contributed by atoms with Gasteiger partial charge >= 0.3 is 0 Å². The van der Waals surface area contributed by atoms with Gasteiger partial charge < -0.3 is 14.2 Å². The van der Waals surface area contributed by atoms with E-state index in [9.17, 15) is 4.79 Å². The monoisotopic (exact) mass is 384 g/mol. The molecule has 0 atom stereocenters. The largest absolute Gasteiger partial charge is 0.497 e. The molecule has 0 saturated carbocycles. The number of methoxy groups -OCH3 is 1. The number of hydrazone groups is 1. The number of hydrogen-bond donors (Lipinski definition) is 1. The smallest absolute Gasteiger partial charge is 0.244 e. The van der Waals surface area contributed by atoms with Crippen LogP contribution in [0.25, 0.3) is 0 Å². The van der Waals surface area contributed by atoms with Crippen LogP contribution in [0.2, 0.25) is 0 Å². The SMILES string of the molecule is CCCCOc1ccc(/C=N\NC(=O)Cc2ccc(OC)cc2)cc1OCC. The minimum absolute atomic E-state index is 0.189.